The molecule has 0 aliphatic rings. The topological polar surface area (TPSA) is 95.5 Å². The second-order valence-corrected chi connectivity index (χ2v) is 4.96. The lowest BCUT2D eigenvalue weighted by atomic mass is 9.96. The second-order valence-electron chi connectivity index (χ2n) is 4.96. The summed E-state index contributed by atoms with van der Waals surface area (Å²) < 4.78 is 42.5. The first kappa shape index (κ1) is 16.7. The Hall–Kier alpha value is -2.32. The van der Waals surface area contributed by atoms with Gasteiger partial charge in [-0.05, 0) is 19.9 Å². The minimum absolute atomic E-state index is 0.0132. The molecule has 0 aromatic heterocycles. The Balaban J connectivity index is 3.19. The Bertz CT molecular complexity index is 570. The largest absolute Gasteiger partial charge is 0.443 e. The molecule has 2 N–H and O–H groups in total. The van der Waals surface area contributed by atoms with E-state index in [1.165, 1.54) is 13.8 Å². The lowest BCUT2D eigenvalue weighted by Gasteiger charge is -2.24. The number of nitro groups is 1. The van der Waals surface area contributed by atoms with Gasteiger partial charge in [-0.2, -0.15) is 13.2 Å². The zero-order valence-electron chi connectivity index (χ0n) is 11.2. The van der Waals surface area contributed by atoms with Crippen molar-refractivity contribution >= 4 is 11.8 Å². The molecule has 0 heterocycles. The number of nitrogens with zero attached hydrogens (tertiary/aromatic N) is 1. The van der Waals surface area contributed by atoms with Crippen molar-refractivity contribution in [2.24, 2.45) is 5.73 Å². The van der Waals surface area contributed by atoms with Crippen LogP contribution in [0.4, 0.5) is 23.7 Å². The summed E-state index contributed by atoms with van der Waals surface area (Å²) in [6.07, 6.45) is -5.90. The van der Waals surface area contributed by atoms with E-state index in [-0.39, 0.29) is 12.0 Å². The van der Waals surface area contributed by atoms with E-state index in [1.807, 2.05) is 0 Å². The summed E-state index contributed by atoms with van der Waals surface area (Å²) in [5.74, 6) is 0. The van der Waals surface area contributed by atoms with Gasteiger partial charge in [0, 0.05) is 18.1 Å². The minimum atomic E-state index is -4.68. The molecule has 1 aromatic carbocycles. The van der Waals surface area contributed by atoms with Crippen LogP contribution in [-0.4, -0.2) is 16.6 Å². The normalized spacial score (nSPS) is 12.0. The average Bonchev–Trinajstić information content (AvgIpc) is 2.24. The summed E-state index contributed by atoms with van der Waals surface area (Å²) in [7, 11) is 0. The fourth-order valence-electron chi connectivity index (χ4n) is 1.83. The zero-order chi connectivity index (χ0) is 16.4. The summed E-state index contributed by atoms with van der Waals surface area (Å²) in [6.45, 7) is 2.89. The third kappa shape index (κ3) is 4.62. The maximum atomic E-state index is 12.6. The summed E-state index contributed by atoms with van der Waals surface area (Å²) in [4.78, 5) is 20.7. The van der Waals surface area contributed by atoms with Crippen LogP contribution >= 0.6 is 0 Å². The Morgan fingerprint density at radius 2 is 1.95 bits per heavy atom. The molecule has 0 aliphatic carbocycles. The second kappa shape index (κ2) is 5.58. The van der Waals surface area contributed by atoms with Crippen molar-refractivity contribution in [2.75, 3.05) is 0 Å². The number of carbonyl (C=O) groups excluding carboxylic acids is 1. The number of nitrogens with two attached hydrogens (primary N) is 1. The number of rotatable bonds is 4. The van der Waals surface area contributed by atoms with Gasteiger partial charge in [-0.1, -0.05) is 6.07 Å². The quantitative estimate of drug-likeness (QED) is 0.683. The SMILES string of the molecule is CC(C)(Cc1ccc(C(F)(F)F)cc1[N+](=O)[O-])OC(N)=O. The predicted molar refractivity (Wildman–Crippen MR) is 66.5 cm³/mol. The molecule has 1 amide bonds. The number of ether oxygens (including phenoxy) is 1. The average molecular weight is 306 g/mol. The summed E-state index contributed by atoms with van der Waals surface area (Å²) in [5.41, 5.74) is 1.89. The van der Waals surface area contributed by atoms with Crippen molar-refractivity contribution in [1.82, 2.24) is 0 Å². The molecule has 6 nitrogen and oxygen atoms in total. The van der Waals surface area contributed by atoms with Crippen LogP contribution in [0.2, 0.25) is 0 Å². The summed E-state index contributed by atoms with van der Waals surface area (Å²) in [6, 6.07) is 2.19. The van der Waals surface area contributed by atoms with Crippen LogP contribution in [0.1, 0.15) is 25.0 Å². The van der Waals surface area contributed by atoms with E-state index < -0.39 is 34.0 Å². The van der Waals surface area contributed by atoms with E-state index in [0.29, 0.717) is 6.07 Å². The Morgan fingerprint density at radius 3 is 2.38 bits per heavy atom. The smallest absolute Gasteiger partial charge is 0.416 e. The molecule has 21 heavy (non-hydrogen) atoms. The van der Waals surface area contributed by atoms with Crippen molar-refractivity contribution < 1.29 is 27.6 Å². The van der Waals surface area contributed by atoms with Crippen molar-refractivity contribution in [1.29, 1.82) is 0 Å². The molecule has 0 saturated heterocycles. The number of hydrogen-bond acceptors (Lipinski definition) is 4. The molecular formula is C12H13F3N2O4. The third-order valence-corrected chi connectivity index (χ3v) is 2.60. The molecule has 0 fully saturated rings. The summed E-state index contributed by atoms with van der Waals surface area (Å²) in [5, 5.41) is 10.9. The summed E-state index contributed by atoms with van der Waals surface area (Å²) >= 11 is 0. The lowest BCUT2D eigenvalue weighted by Crippen LogP contribution is -2.33. The molecule has 0 unspecified atom stereocenters. The highest BCUT2D eigenvalue weighted by Gasteiger charge is 2.34. The number of benzene rings is 1. The number of carbonyl (C=O) groups is 1. The fourth-order valence-corrected chi connectivity index (χ4v) is 1.83. The van der Waals surface area contributed by atoms with Gasteiger partial charge in [0.15, 0.2) is 0 Å². The van der Waals surface area contributed by atoms with Gasteiger partial charge >= 0.3 is 12.3 Å². The number of primary amides is 1. The van der Waals surface area contributed by atoms with E-state index in [4.69, 9.17) is 10.5 Å². The first-order chi connectivity index (χ1) is 9.42. The number of halogens is 3. The molecular weight excluding hydrogens is 293 g/mol. The maximum Gasteiger partial charge on any atom is 0.416 e. The fraction of sp³-hybridized carbons (Fsp3) is 0.417. The van der Waals surface area contributed by atoms with Crippen molar-refractivity contribution in [3.8, 4) is 0 Å². The zero-order valence-corrected chi connectivity index (χ0v) is 11.2. The van der Waals surface area contributed by atoms with Crippen molar-refractivity contribution in [2.45, 2.75) is 32.0 Å². The molecule has 0 radical (unpaired) electrons. The molecule has 1 rings (SSSR count). The predicted octanol–water partition coefficient (Wildman–Crippen LogP) is 3.03. The van der Waals surface area contributed by atoms with E-state index >= 15 is 0 Å². The van der Waals surface area contributed by atoms with Gasteiger partial charge in [-0.25, -0.2) is 4.79 Å². The van der Waals surface area contributed by atoms with Crippen molar-refractivity contribution in [3.63, 3.8) is 0 Å². The van der Waals surface area contributed by atoms with Gasteiger partial charge in [-0.3, -0.25) is 10.1 Å². The molecule has 0 saturated carbocycles. The van der Waals surface area contributed by atoms with Crippen LogP contribution in [0, 0.1) is 10.1 Å². The van der Waals surface area contributed by atoms with Crippen LogP contribution < -0.4 is 5.73 Å². The molecule has 0 aliphatic heterocycles. The third-order valence-electron chi connectivity index (χ3n) is 2.60. The highest BCUT2D eigenvalue weighted by molar-refractivity contribution is 5.65. The number of hydrogen-bond donors (Lipinski definition) is 1. The van der Waals surface area contributed by atoms with Gasteiger partial charge in [0.25, 0.3) is 5.69 Å². The first-order valence-electron chi connectivity index (χ1n) is 5.75. The van der Waals surface area contributed by atoms with Gasteiger partial charge < -0.3 is 10.5 Å². The highest BCUT2D eigenvalue weighted by atomic mass is 19.4. The van der Waals surface area contributed by atoms with Crippen LogP contribution in [0.5, 0.6) is 0 Å². The number of amides is 1. The Morgan fingerprint density at radius 1 is 1.38 bits per heavy atom. The highest BCUT2D eigenvalue weighted by Crippen LogP contribution is 2.34. The molecule has 1 aromatic rings. The molecule has 0 spiro atoms. The molecule has 116 valence electrons. The van der Waals surface area contributed by atoms with Gasteiger partial charge in [0.1, 0.15) is 5.60 Å². The van der Waals surface area contributed by atoms with Crippen LogP contribution in [0.15, 0.2) is 18.2 Å². The van der Waals surface area contributed by atoms with Crippen LogP contribution in [0.25, 0.3) is 0 Å². The maximum absolute atomic E-state index is 12.6. The van der Waals surface area contributed by atoms with E-state index in [2.05, 4.69) is 0 Å². The Labute approximate surface area is 117 Å². The van der Waals surface area contributed by atoms with Crippen LogP contribution in [0.3, 0.4) is 0 Å². The molecule has 0 atom stereocenters. The minimum Gasteiger partial charge on any atom is -0.443 e. The standard InChI is InChI=1S/C12H13F3N2O4/c1-11(2,21-10(16)18)6-7-3-4-8(12(13,14)15)5-9(7)17(19)20/h3-5H,6H2,1-2H3,(H2,16,18). The van der Waals surface area contributed by atoms with E-state index in [1.54, 1.807) is 0 Å². The molecule has 0 bridgehead atoms. The van der Waals surface area contributed by atoms with Gasteiger partial charge in [0.2, 0.25) is 0 Å². The number of nitro benzene ring substituents is 1. The molecule has 9 heteroatoms. The number of alkyl halides is 3. The lowest BCUT2D eigenvalue weighted by molar-refractivity contribution is -0.386. The van der Waals surface area contributed by atoms with E-state index in [9.17, 15) is 28.1 Å². The first-order valence-corrected chi connectivity index (χ1v) is 5.75. The van der Waals surface area contributed by atoms with Gasteiger partial charge in [0.05, 0.1) is 10.5 Å². The Kier molecular flexibility index (Phi) is 4.45. The van der Waals surface area contributed by atoms with E-state index in [0.717, 1.165) is 12.1 Å². The van der Waals surface area contributed by atoms with Crippen molar-refractivity contribution in [3.05, 3.63) is 39.4 Å². The van der Waals surface area contributed by atoms with Crippen LogP contribution in [-0.2, 0) is 17.3 Å². The monoisotopic (exact) mass is 306 g/mol. The van der Waals surface area contributed by atoms with Gasteiger partial charge in [-0.15, -0.1) is 0 Å².